The Morgan fingerprint density at radius 3 is 1.45 bits per heavy atom. The summed E-state index contributed by atoms with van der Waals surface area (Å²) in [5, 5.41) is 0. The zero-order chi connectivity index (χ0) is 38.6. The van der Waals surface area contributed by atoms with Gasteiger partial charge in [0.25, 0.3) is 0 Å². The third kappa shape index (κ3) is 28.8. The highest BCUT2D eigenvalue weighted by Gasteiger charge is 2.39. The van der Waals surface area contributed by atoms with Gasteiger partial charge in [-0.15, -0.1) is 0 Å². The normalized spacial score (nSPS) is 16.5. The molecule has 0 aromatic carbocycles. The van der Waals surface area contributed by atoms with E-state index in [0.717, 1.165) is 57.9 Å². The number of hydrogen-bond acceptors (Lipinski definition) is 4. The third-order valence-electron chi connectivity index (χ3n) is 10.6. The van der Waals surface area contributed by atoms with E-state index < -0.39 is 0 Å². The number of Topliss-reactive ketones (excluding diaryl/α,β-unsaturated/α-hetero) is 2. The summed E-state index contributed by atoms with van der Waals surface area (Å²) in [5.41, 5.74) is 0. The molecular weight excluding hydrogens is 653 g/mol. The number of allylic oxidation sites excluding steroid dienone is 8. The highest BCUT2D eigenvalue weighted by molar-refractivity contribution is 5.90. The summed E-state index contributed by atoms with van der Waals surface area (Å²) in [4.78, 5) is 43.5. The van der Waals surface area contributed by atoms with E-state index in [0.29, 0.717) is 38.6 Å². The van der Waals surface area contributed by atoms with Crippen LogP contribution in [0.5, 0.6) is 0 Å². The minimum Gasteiger partial charge on any atom is -0.332 e. The quantitative estimate of drug-likeness (QED) is 0.0475. The zero-order valence-corrected chi connectivity index (χ0v) is 35.3. The Morgan fingerprint density at radius 2 is 0.981 bits per heavy atom. The summed E-state index contributed by atoms with van der Waals surface area (Å²) in [6.45, 7) is 5.81. The summed E-state index contributed by atoms with van der Waals surface area (Å²) >= 11 is 0. The lowest BCUT2D eigenvalue weighted by Gasteiger charge is -2.24. The van der Waals surface area contributed by atoms with Crippen LogP contribution in [0.1, 0.15) is 200 Å². The molecule has 2 atom stereocenters. The van der Waals surface area contributed by atoms with Crippen molar-refractivity contribution >= 4 is 17.5 Å². The number of carbonyl (C=O) groups is 3. The van der Waals surface area contributed by atoms with Crippen molar-refractivity contribution in [3.05, 3.63) is 48.6 Å². The fraction of sp³-hybridized carbons (Fsp3) is 0.771. The van der Waals surface area contributed by atoms with E-state index in [-0.39, 0.29) is 29.4 Å². The van der Waals surface area contributed by atoms with Gasteiger partial charge in [-0.1, -0.05) is 140 Å². The van der Waals surface area contributed by atoms with Crippen LogP contribution in [-0.2, 0) is 14.4 Å². The summed E-state index contributed by atoms with van der Waals surface area (Å²) in [6, 6.07) is -0.336. The molecule has 1 heterocycles. The van der Waals surface area contributed by atoms with Crippen molar-refractivity contribution in [2.75, 3.05) is 27.2 Å². The van der Waals surface area contributed by atoms with Crippen molar-refractivity contribution < 1.29 is 14.4 Å². The van der Waals surface area contributed by atoms with Gasteiger partial charge in [0, 0.05) is 38.8 Å². The minimum atomic E-state index is -0.336. The standard InChI is InChI=1S/C48H84N2O3/c1-5-7-9-11-13-15-17-19-21-22-24-25-27-29-31-33-35-37-47(52)46-42-44(41-45(51)39-40-49(3)4)43-50(46)48(53)38-36-34-32-30-28-26-23-20-18-16-14-12-10-8-6-2/h13-16,19-21,23,44,46H,5-12,17-18,22,24-43H2,1-4H3/b15-13-,16-14-,21-19-,23-20-/t44-,46-/m0/s1. The fourth-order valence-corrected chi connectivity index (χ4v) is 7.29. The number of amides is 1. The van der Waals surface area contributed by atoms with Crippen LogP contribution in [0.15, 0.2) is 48.6 Å². The van der Waals surface area contributed by atoms with Gasteiger partial charge in [-0.25, -0.2) is 0 Å². The van der Waals surface area contributed by atoms with Crippen molar-refractivity contribution in [1.82, 2.24) is 9.80 Å². The Balaban J connectivity index is 2.33. The van der Waals surface area contributed by atoms with Gasteiger partial charge < -0.3 is 9.80 Å². The SMILES string of the molecule is CCCCC/C=C\C/C=C\CCCCCCCCCC(=O)[C@@H]1C[C@H](CC(=O)CCN(C)C)CN1C(=O)CCCCCCC/C=C\C/C=C\CCCCC. The van der Waals surface area contributed by atoms with E-state index in [1.165, 1.54) is 103 Å². The molecule has 1 fully saturated rings. The second-order valence-corrected chi connectivity index (χ2v) is 16.1. The first-order chi connectivity index (χ1) is 25.9. The molecule has 53 heavy (non-hydrogen) atoms. The average Bonchev–Trinajstić information content (AvgIpc) is 3.57. The van der Waals surface area contributed by atoms with E-state index in [1.54, 1.807) is 0 Å². The molecule has 0 aliphatic carbocycles. The van der Waals surface area contributed by atoms with Gasteiger partial charge in [-0.3, -0.25) is 14.4 Å². The first kappa shape index (κ1) is 48.7. The van der Waals surface area contributed by atoms with Crippen molar-refractivity contribution in [2.45, 2.75) is 206 Å². The molecule has 5 nitrogen and oxygen atoms in total. The molecule has 1 aliphatic rings. The van der Waals surface area contributed by atoms with Gasteiger partial charge in [0.2, 0.25) is 5.91 Å². The number of hydrogen-bond donors (Lipinski definition) is 0. The Hall–Kier alpha value is -2.27. The number of nitrogens with zero attached hydrogens (tertiary/aromatic N) is 2. The van der Waals surface area contributed by atoms with E-state index >= 15 is 0 Å². The predicted octanol–water partition coefficient (Wildman–Crippen LogP) is 13.1. The van der Waals surface area contributed by atoms with Crippen molar-refractivity contribution in [2.24, 2.45) is 5.92 Å². The van der Waals surface area contributed by atoms with Crippen LogP contribution in [-0.4, -0.2) is 60.5 Å². The molecule has 0 bridgehead atoms. The van der Waals surface area contributed by atoms with Crippen LogP contribution in [0.4, 0.5) is 0 Å². The van der Waals surface area contributed by atoms with Gasteiger partial charge in [-0.05, 0) is 103 Å². The smallest absolute Gasteiger partial charge is 0.223 e. The van der Waals surface area contributed by atoms with E-state index in [2.05, 4.69) is 62.5 Å². The first-order valence-electron chi connectivity index (χ1n) is 22.5. The number of rotatable bonds is 36. The maximum Gasteiger partial charge on any atom is 0.223 e. The van der Waals surface area contributed by atoms with E-state index in [1.807, 2.05) is 23.9 Å². The van der Waals surface area contributed by atoms with Gasteiger partial charge >= 0.3 is 0 Å². The molecule has 5 heteroatoms. The van der Waals surface area contributed by atoms with Gasteiger partial charge in [0.05, 0.1) is 6.04 Å². The highest BCUT2D eigenvalue weighted by Crippen LogP contribution is 2.29. The maximum absolute atomic E-state index is 13.5. The average molecular weight is 737 g/mol. The van der Waals surface area contributed by atoms with Crippen molar-refractivity contribution in [1.29, 1.82) is 0 Å². The molecule has 1 rings (SSSR count). The predicted molar refractivity (Wildman–Crippen MR) is 229 cm³/mol. The first-order valence-corrected chi connectivity index (χ1v) is 22.5. The Morgan fingerprint density at radius 1 is 0.547 bits per heavy atom. The highest BCUT2D eigenvalue weighted by atomic mass is 16.2. The van der Waals surface area contributed by atoms with Crippen LogP contribution >= 0.6 is 0 Å². The van der Waals surface area contributed by atoms with Crippen LogP contribution in [0.3, 0.4) is 0 Å². The number of ketones is 2. The van der Waals surface area contributed by atoms with Gasteiger partial charge in [0.15, 0.2) is 5.78 Å². The topological polar surface area (TPSA) is 57.7 Å². The molecular formula is C48H84N2O3. The van der Waals surface area contributed by atoms with Crippen LogP contribution < -0.4 is 0 Å². The zero-order valence-electron chi connectivity index (χ0n) is 35.3. The molecule has 1 saturated heterocycles. The Bertz CT molecular complexity index is 1030. The Labute approximate surface area is 328 Å². The van der Waals surface area contributed by atoms with Gasteiger partial charge in [0.1, 0.15) is 5.78 Å². The second-order valence-electron chi connectivity index (χ2n) is 16.1. The fourth-order valence-electron chi connectivity index (χ4n) is 7.29. The summed E-state index contributed by atoms with van der Waals surface area (Å²) in [5.74, 6) is 0.684. The molecule has 0 aromatic rings. The monoisotopic (exact) mass is 737 g/mol. The molecule has 0 radical (unpaired) electrons. The molecule has 0 saturated carbocycles. The van der Waals surface area contributed by atoms with E-state index in [4.69, 9.17) is 0 Å². The molecule has 0 spiro atoms. The Kier molecular flexibility index (Phi) is 32.6. The van der Waals surface area contributed by atoms with Crippen molar-refractivity contribution in [3.8, 4) is 0 Å². The van der Waals surface area contributed by atoms with Gasteiger partial charge in [-0.2, -0.15) is 0 Å². The maximum atomic E-state index is 13.5. The number of carbonyl (C=O) groups excluding carboxylic acids is 3. The summed E-state index contributed by atoms with van der Waals surface area (Å²) in [6.07, 6.45) is 49.5. The number of likely N-dealkylation sites (tertiary alicyclic amines) is 1. The lowest BCUT2D eigenvalue weighted by molar-refractivity contribution is -0.137. The van der Waals surface area contributed by atoms with Crippen LogP contribution in [0.2, 0.25) is 0 Å². The van der Waals surface area contributed by atoms with Crippen LogP contribution in [0, 0.1) is 5.92 Å². The van der Waals surface area contributed by atoms with Crippen molar-refractivity contribution in [3.63, 3.8) is 0 Å². The lowest BCUT2D eigenvalue weighted by Crippen LogP contribution is -2.40. The molecule has 0 unspecified atom stereocenters. The minimum absolute atomic E-state index is 0.106. The third-order valence-corrected chi connectivity index (χ3v) is 10.6. The number of unbranched alkanes of at least 4 members (excludes halogenated alkanes) is 18. The summed E-state index contributed by atoms with van der Waals surface area (Å²) < 4.78 is 0. The summed E-state index contributed by atoms with van der Waals surface area (Å²) in [7, 11) is 3.97. The largest absolute Gasteiger partial charge is 0.332 e. The molecule has 1 amide bonds. The molecule has 0 aromatic heterocycles. The van der Waals surface area contributed by atoms with Crippen LogP contribution in [0.25, 0.3) is 0 Å². The van der Waals surface area contributed by atoms with E-state index in [9.17, 15) is 14.4 Å². The molecule has 0 N–H and O–H groups in total. The molecule has 1 aliphatic heterocycles. The second kappa shape index (κ2) is 35.4. The molecule has 304 valence electrons. The lowest BCUT2D eigenvalue weighted by atomic mass is 9.95.